The molecule has 0 aliphatic carbocycles. The lowest BCUT2D eigenvalue weighted by Gasteiger charge is -2.32. The summed E-state index contributed by atoms with van der Waals surface area (Å²) < 4.78 is 5.28. The highest BCUT2D eigenvalue weighted by molar-refractivity contribution is 5.74. The van der Waals surface area contributed by atoms with Gasteiger partial charge >= 0.3 is 6.03 Å². The number of carbonyl (C=O) groups excluding carboxylic acids is 1. The Balaban J connectivity index is 1.69. The van der Waals surface area contributed by atoms with Gasteiger partial charge in [0.05, 0.1) is 13.2 Å². The number of morpholine rings is 1. The molecular formula is C10H19N3O2. The highest BCUT2D eigenvalue weighted by atomic mass is 16.5. The van der Waals surface area contributed by atoms with Crippen LogP contribution in [0.2, 0.25) is 0 Å². The van der Waals surface area contributed by atoms with Crippen molar-refractivity contribution < 1.29 is 9.53 Å². The van der Waals surface area contributed by atoms with E-state index in [0.29, 0.717) is 0 Å². The van der Waals surface area contributed by atoms with E-state index in [-0.39, 0.29) is 6.03 Å². The molecule has 0 unspecified atom stereocenters. The molecule has 5 heteroatoms. The molecule has 0 aromatic carbocycles. The quantitative estimate of drug-likeness (QED) is 0.702. The van der Waals surface area contributed by atoms with Gasteiger partial charge in [0.25, 0.3) is 0 Å². The molecule has 2 aliphatic heterocycles. The molecule has 0 atom stereocenters. The lowest BCUT2D eigenvalue weighted by molar-refractivity contribution is 0.0345. The summed E-state index contributed by atoms with van der Waals surface area (Å²) in [5.74, 6) is 0. The van der Waals surface area contributed by atoms with Gasteiger partial charge in [-0.25, -0.2) is 4.79 Å². The number of hydrogen-bond acceptors (Lipinski definition) is 3. The average Bonchev–Trinajstić information content (AvgIpc) is 2.29. The van der Waals surface area contributed by atoms with E-state index in [2.05, 4.69) is 10.2 Å². The SMILES string of the molecule is O=C1NCCCN1CCN1CCOCC1. The molecule has 0 saturated carbocycles. The molecule has 0 radical (unpaired) electrons. The van der Waals surface area contributed by atoms with E-state index in [0.717, 1.165) is 58.9 Å². The van der Waals surface area contributed by atoms with Gasteiger partial charge in [0.2, 0.25) is 0 Å². The first-order chi connectivity index (χ1) is 7.36. The van der Waals surface area contributed by atoms with Crippen LogP contribution in [-0.4, -0.2) is 68.3 Å². The first-order valence-corrected chi connectivity index (χ1v) is 5.69. The minimum atomic E-state index is 0.0921. The zero-order valence-electron chi connectivity index (χ0n) is 9.07. The lowest BCUT2D eigenvalue weighted by Crippen LogP contribution is -2.50. The van der Waals surface area contributed by atoms with Crippen LogP contribution in [0.25, 0.3) is 0 Å². The van der Waals surface area contributed by atoms with Crippen molar-refractivity contribution in [1.29, 1.82) is 0 Å². The van der Waals surface area contributed by atoms with E-state index in [1.54, 1.807) is 0 Å². The second-order valence-electron chi connectivity index (χ2n) is 4.03. The van der Waals surface area contributed by atoms with Gasteiger partial charge in [0.1, 0.15) is 0 Å². The smallest absolute Gasteiger partial charge is 0.317 e. The van der Waals surface area contributed by atoms with Crippen molar-refractivity contribution in [2.24, 2.45) is 0 Å². The molecule has 2 saturated heterocycles. The first kappa shape index (κ1) is 10.7. The topological polar surface area (TPSA) is 44.8 Å². The van der Waals surface area contributed by atoms with Crippen LogP contribution in [0, 0.1) is 0 Å². The number of ether oxygens (including phenoxy) is 1. The predicted molar refractivity (Wildman–Crippen MR) is 56.8 cm³/mol. The summed E-state index contributed by atoms with van der Waals surface area (Å²) in [6.45, 7) is 7.18. The molecule has 2 heterocycles. The Morgan fingerprint density at radius 1 is 1.20 bits per heavy atom. The number of hydrogen-bond donors (Lipinski definition) is 1. The van der Waals surface area contributed by atoms with Crippen molar-refractivity contribution in [2.45, 2.75) is 6.42 Å². The Morgan fingerprint density at radius 2 is 2.00 bits per heavy atom. The van der Waals surface area contributed by atoms with E-state index in [4.69, 9.17) is 4.74 Å². The number of nitrogens with zero attached hydrogens (tertiary/aromatic N) is 2. The molecule has 2 amide bonds. The van der Waals surface area contributed by atoms with Crippen LogP contribution in [0.4, 0.5) is 4.79 Å². The molecule has 1 N–H and O–H groups in total. The summed E-state index contributed by atoms with van der Waals surface area (Å²) >= 11 is 0. The third-order valence-corrected chi connectivity index (χ3v) is 2.96. The summed E-state index contributed by atoms with van der Waals surface area (Å²) in [6.07, 6.45) is 1.06. The number of urea groups is 1. The third kappa shape index (κ3) is 3.07. The number of amides is 2. The minimum absolute atomic E-state index is 0.0921. The maximum Gasteiger partial charge on any atom is 0.317 e. The predicted octanol–water partition coefficient (Wildman–Crippen LogP) is -0.266. The summed E-state index contributed by atoms with van der Waals surface area (Å²) in [5.41, 5.74) is 0. The number of rotatable bonds is 3. The largest absolute Gasteiger partial charge is 0.379 e. The van der Waals surface area contributed by atoms with Crippen LogP contribution in [0.3, 0.4) is 0 Å². The highest BCUT2D eigenvalue weighted by Crippen LogP contribution is 2.01. The molecule has 2 aliphatic rings. The Labute approximate surface area is 90.4 Å². The molecule has 0 aromatic rings. The number of nitrogens with one attached hydrogen (secondary N) is 1. The second-order valence-corrected chi connectivity index (χ2v) is 4.03. The first-order valence-electron chi connectivity index (χ1n) is 5.69. The van der Waals surface area contributed by atoms with Gasteiger partial charge in [-0.2, -0.15) is 0 Å². The Hall–Kier alpha value is -0.810. The molecule has 15 heavy (non-hydrogen) atoms. The maximum absolute atomic E-state index is 11.4. The van der Waals surface area contributed by atoms with Crippen LogP contribution < -0.4 is 5.32 Å². The molecule has 0 bridgehead atoms. The molecule has 86 valence electrons. The molecule has 2 rings (SSSR count). The standard InChI is InChI=1S/C10H19N3O2/c14-10-11-2-1-3-13(10)5-4-12-6-8-15-9-7-12/h1-9H2,(H,11,14). The Bertz CT molecular complexity index is 217. The van der Waals surface area contributed by atoms with E-state index in [1.807, 2.05) is 4.90 Å². The van der Waals surface area contributed by atoms with Crippen molar-refractivity contribution in [3.05, 3.63) is 0 Å². The molecule has 0 aromatic heterocycles. The van der Waals surface area contributed by atoms with E-state index >= 15 is 0 Å². The fraction of sp³-hybridized carbons (Fsp3) is 0.900. The van der Waals surface area contributed by atoms with Crippen LogP contribution in [0.15, 0.2) is 0 Å². The van der Waals surface area contributed by atoms with Crippen molar-refractivity contribution in [3.63, 3.8) is 0 Å². The maximum atomic E-state index is 11.4. The van der Waals surface area contributed by atoms with Gasteiger partial charge in [0, 0.05) is 39.3 Å². The van der Waals surface area contributed by atoms with Gasteiger partial charge in [-0.05, 0) is 6.42 Å². The fourth-order valence-electron chi connectivity index (χ4n) is 1.98. The van der Waals surface area contributed by atoms with E-state index in [1.165, 1.54) is 0 Å². The van der Waals surface area contributed by atoms with Gasteiger partial charge in [-0.3, -0.25) is 4.90 Å². The lowest BCUT2D eigenvalue weighted by atomic mass is 10.3. The van der Waals surface area contributed by atoms with Crippen molar-refractivity contribution in [2.75, 3.05) is 52.5 Å². The van der Waals surface area contributed by atoms with Gasteiger partial charge in [-0.1, -0.05) is 0 Å². The van der Waals surface area contributed by atoms with E-state index < -0.39 is 0 Å². The van der Waals surface area contributed by atoms with Crippen LogP contribution in [0.1, 0.15) is 6.42 Å². The summed E-state index contributed by atoms with van der Waals surface area (Å²) in [5, 5.41) is 2.86. The van der Waals surface area contributed by atoms with Crippen molar-refractivity contribution >= 4 is 6.03 Å². The molecule has 0 spiro atoms. The zero-order chi connectivity index (χ0) is 10.5. The Morgan fingerprint density at radius 3 is 2.73 bits per heavy atom. The molecule has 5 nitrogen and oxygen atoms in total. The van der Waals surface area contributed by atoms with Gasteiger partial charge < -0.3 is 15.0 Å². The molecular weight excluding hydrogens is 194 g/mol. The second kappa shape index (κ2) is 5.32. The monoisotopic (exact) mass is 213 g/mol. The van der Waals surface area contributed by atoms with Gasteiger partial charge in [-0.15, -0.1) is 0 Å². The van der Waals surface area contributed by atoms with Crippen molar-refractivity contribution in [3.8, 4) is 0 Å². The summed E-state index contributed by atoms with van der Waals surface area (Å²) in [4.78, 5) is 15.7. The average molecular weight is 213 g/mol. The van der Waals surface area contributed by atoms with Crippen molar-refractivity contribution in [1.82, 2.24) is 15.1 Å². The van der Waals surface area contributed by atoms with Crippen LogP contribution in [0.5, 0.6) is 0 Å². The minimum Gasteiger partial charge on any atom is -0.379 e. The summed E-state index contributed by atoms with van der Waals surface area (Å²) in [7, 11) is 0. The molecule has 2 fully saturated rings. The Kier molecular flexibility index (Phi) is 3.80. The zero-order valence-corrected chi connectivity index (χ0v) is 9.07. The van der Waals surface area contributed by atoms with E-state index in [9.17, 15) is 4.79 Å². The normalized spacial score (nSPS) is 24.0. The summed E-state index contributed by atoms with van der Waals surface area (Å²) in [6, 6.07) is 0.0921. The van der Waals surface area contributed by atoms with Crippen LogP contribution >= 0.6 is 0 Å². The fourth-order valence-corrected chi connectivity index (χ4v) is 1.98. The van der Waals surface area contributed by atoms with Gasteiger partial charge in [0.15, 0.2) is 0 Å². The highest BCUT2D eigenvalue weighted by Gasteiger charge is 2.18. The van der Waals surface area contributed by atoms with Crippen LogP contribution in [-0.2, 0) is 4.74 Å². The number of carbonyl (C=O) groups is 1. The third-order valence-electron chi connectivity index (χ3n) is 2.96.